The molecule has 16 heavy (non-hydrogen) atoms. The SMILES string of the molecule is CC(C)c1cccc2[nH]c(C(C)(C)N)nc12. The first kappa shape index (κ1) is 11.1. The number of aromatic nitrogens is 2. The van der Waals surface area contributed by atoms with Gasteiger partial charge in [-0.25, -0.2) is 4.98 Å². The van der Waals surface area contributed by atoms with Crippen molar-refractivity contribution in [3.05, 3.63) is 29.6 Å². The number of hydrogen-bond acceptors (Lipinski definition) is 2. The van der Waals surface area contributed by atoms with Crippen LogP contribution in [0.3, 0.4) is 0 Å². The van der Waals surface area contributed by atoms with Crippen molar-refractivity contribution >= 4 is 11.0 Å². The maximum Gasteiger partial charge on any atom is 0.126 e. The molecule has 0 atom stereocenters. The van der Waals surface area contributed by atoms with Crippen LogP contribution in [0.4, 0.5) is 0 Å². The summed E-state index contributed by atoms with van der Waals surface area (Å²) in [5.41, 5.74) is 9.01. The Morgan fingerprint density at radius 3 is 2.56 bits per heavy atom. The van der Waals surface area contributed by atoms with Gasteiger partial charge in [-0.1, -0.05) is 26.0 Å². The molecular formula is C13H19N3. The summed E-state index contributed by atoms with van der Waals surface area (Å²) in [5.74, 6) is 1.32. The van der Waals surface area contributed by atoms with Gasteiger partial charge in [0.1, 0.15) is 5.82 Å². The predicted molar refractivity (Wildman–Crippen MR) is 67.4 cm³/mol. The summed E-state index contributed by atoms with van der Waals surface area (Å²) in [6.45, 7) is 8.27. The van der Waals surface area contributed by atoms with E-state index in [1.54, 1.807) is 0 Å². The first-order chi connectivity index (χ1) is 7.39. The van der Waals surface area contributed by atoms with Crippen LogP contribution in [0.25, 0.3) is 11.0 Å². The molecular weight excluding hydrogens is 198 g/mol. The largest absolute Gasteiger partial charge is 0.340 e. The lowest BCUT2D eigenvalue weighted by molar-refractivity contribution is 0.522. The first-order valence-corrected chi connectivity index (χ1v) is 5.67. The van der Waals surface area contributed by atoms with Crippen LogP contribution in [0.15, 0.2) is 18.2 Å². The molecule has 0 unspecified atom stereocenters. The van der Waals surface area contributed by atoms with Crippen molar-refractivity contribution in [2.24, 2.45) is 5.73 Å². The maximum atomic E-state index is 6.05. The van der Waals surface area contributed by atoms with E-state index >= 15 is 0 Å². The van der Waals surface area contributed by atoms with Crippen molar-refractivity contribution in [2.75, 3.05) is 0 Å². The summed E-state index contributed by atoms with van der Waals surface area (Å²) in [5, 5.41) is 0. The molecule has 86 valence electrons. The van der Waals surface area contributed by atoms with E-state index < -0.39 is 5.54 Å². The van der Waals surface area contributed by atoms with Gasteiger partial charge in [0.2, 0.25) is 0 Å². The first-order valence-electron chi connectivity index (χ1n) is 5.67. The van der Waals surface area contributed by atoms with Crippen molar-refractivity contribution in [1.29, 1.82) is 0 Å². The van der Waals surface area contributed by atoms with Crippen LogP contribution in [0.1, 0.15) is 45.0 Å². The van der Waals surface area contributed by atoms with Crippen LogP contribution in [0, 0.1) is 0 Å². The molecule has 0 aliphatic rings. The molecule has 0 aliphatic carbocycles. The van der Waals surface area contributed by atoms with E-state index in [0.717, 1.165) is 16.9 Å². The second-order valence-corrected chi connectivity index (χ2v) is 5.21. The van der Waals surface area contributed by atoms with Crippen LogP contribution >= 0.6 is 0 Å². The number of imidazole rings is 1. The standard InChI is InChI=1S/C13H19N3/c1-8(2)9-6-5-7-10-11(9)16-12(15-10)13(3,4)14/h5-8H,14H2,1-4H3,(H,15,16). The third-order valence-corrected chi connectivity index (χ3v) is 2.78. The number of benzene rings is 1. The smallest absolute Gasteiger partial charge is 0.126 e. The molecule has 3 nitrogen and oxygen atoms in total. The number of aromatic amines is 1. The van der Waals surface area contributed by atoms with E-state index in [-0.39, 0.29) is 0 Å². The molecule has 0 spiro atoms. The monoisotopic (exact) mass is 217 g/mol. The zero-order valence-electron chi connectivity index (χ0n) is 10.3. The Bertz CT molecular complexity index is 503. The highest BCUT2D eigenvalue weighted by molar-refractivity contribution is 5.79. The normalized spacial score (nSPS) is 12.6. The maximum absolute atomic E-state index is 6.05. The van der Waals surface area contributed by atoms with E-state index in [1.165, 1.54) is 5.56 Å². The van der Waals surface area contributed by atoms with E-state index in [2.05, 4.69) is 35.9 Å². The minimum atomic E-state index is -0.423. The second kappa shape index (κ2) is 3.59. The van der Waals surface area contributed by atoms with Crippen molar-refractivity contribution in [3.8, 4) is 0 Å². The number of hydrogen-bond donors (Lipinski definition) is 2. The van der Waals surface area contributed by atoms with Gasteiger partial charge in [0.05, 0.1) is 16.6 Å². The zero-order chi connectivity index (χ0) is 11.9. The van der Waals surface area contributed by atoms with E-state index in [0.29, 0.717) is 5.92 Å². The number of para-hydroxylation sites is 1. The molecule has 3 heteroatoms. The van der Waals surface area contributed by atoms with Crippen LogP contribution in [-0.4, -0.2) is 9.97 Å². The number of fused-ring (bicyclic) bond motifs is 1. The average molecular weight is 217 g/mol. The van der Waals surface area contributed by atoms with Crippen molar-refractivity contribution in [3.63, 3.8) is 0 Å². The van der Waals surface area contributed by atoms with E-state index in [9.17, 15) is 0 Å². The average Bonchev–Trinajstić information content (AvgIpc) is 2.59. The van der Waals surface area contributed by atoms with E-state index in [1.807, 2.05) is 19.9 Å². The fraction of sp³-hybridized carbons (Fsp3) is 0.462. The van der Waals surface area contributed by atoms with Crippen molar-refractivity contribution < 1.29 is 0 Å². The molecule has 2 aromatic rings. The third-order valence-electron chi connectivity index (χ3n) is 2.78. The topological polar surface area (TPSA) is 54.7 Å². The second-order valence-electron chi connectivity index (χ2n) is 5.21. The van der Waals surface area contributed by atoms with Crippen LogP contribution < -0.4 is 5.73 Å². The lowest BCUT2D eigenvalue weighted by Crippen LogP contribution is -2.30. The summed E-state index contributed by atoms with van der Waals surface area (Å²) >= 11 is 0. The lowest BCUT2D eigenvalue weighted by Gasteiger charge is -2.14. The molecule has 0 radical (unpaired) electrons. The van der Waals surface area contributed by atoms with Crippen molar-refractivity contribution in [1.82, 2.24) is 9.97 Å². The molecule has 0 aliphatic heterocycles. The number of nitrogens with zero attached hydrogens (tertiary/aromatic N) is 1. The molecule has 0 fully saturated rings. The molecule has 1 heterocycles. The fourth-order valence-corrected chi connectivity index (χ4v) is 1.83. The molecule has 2 rings (SSSR count). The molecule has 0 saturated carbocycles. The lowest BCUT2D eigenvalue weighted by atomic mass is 10.0. The summed E-state index contributed by atoms with van der Waals surface area (Å²) in [6, 6.07) is 6.23. The summed E-state index contributed by atoms with van der Waals surface area (Å²) in [4.78, 5) is 7.92. The minimum Gasteiger partial charge on any atom is -0.340 e. The molecule has 1 aromatic carbocycles. The van der Waals surface area contributed by atoms with Crippen LogP contribution in [-0.2, 0) is 5.54 Å². The van der Waals surface area contributed by atoms with Crippen LogP contribution in [0.5, 0.6) is 0 Å². The Hall–Kier alpha value is -1.35. The summed E-state index contributed by atoms with van der Waals surface area (Å²) < 4.78 is 0. The molecule has 0 amide bonds. The van der Waals surface area contributed by atoms with Gasteiger partial charge in [-0.05, 0) is 31.4 Å². The Balaban J connectivity index is 2.66. The fourth-order valence-electron chi connectivity index (χ4n) is 1.83. The Morgan fingerprint density at radius 1 is 1.31 bits per heavy atom. The molecule has 0 saturated heterocycles. The van der Waals surface area contributed by atoms with Crippen LogP contribution in [0.2, 0.25) is 0 Å². The predicted octanol–water partition coefficient (Wildman–Crippen LogP) is 2.88. The van der Waals surface area contributed by atoms with Gasteiger partial charge >= 0.3 is 0 Å². The van der Waals surface area contributed by atoms with Gasteiger partial charge in [-0.15, -0.1) is 0 Å². The minimum absolute atomic E-state index is 0.423. The number of nitrogens with one attached hydrogen (secondary N) is 1. The highest BCUT2D eigenvalue weighted by Crippen LogP contribution is 2.25. The van der Waals surface area contributed by atoms with Gasteiger partial charge in [-0.3, -0.25) is 0 Å². The number of H-pyrrole nitrogens is 1. The number of nitrogens with two attached hydrogens (primary N) is 1. The van der Waals surface area contributed by atoms with Gasteiger partial charge in [0.25, 0.3) is 0 Å². The third kappa shape index (κ3) is 1.83. The molecule has 1 aromatic heterocycles. The number of rotatable bonds is 2. The van der Waals surface area contributed by atoms with Crippen molar-refractivity contribution in [2.45, 2.75) is 39.2 Å². The summed E-state index contributed by atoms with van der Waals surface area (Å²) in [6.07, 6.45) is 0. The zero-order valence-corrected chi connectivity index (χ0v) is 10.3. The molecule has 0 bridgehead atoms. The highest BCUT2D eigenvalue weighted by atomic mass is 15.0. The van der Waals surface area contributed by atoms with Gasteiger partial charge in [-0.2, -0.15) is 0 Å². The summed E-state index contributed by atoms with van der Waals surface area (Å²) in [7, 11) is 0. The van der Waals surface area contributed by atoms with E-state index in [4.69, 9.17) is 5.73 Å². The van der Waals surface area contributed by atoms with Gasteiger partial charge in [0, 0.05) is 0 Å². The Labute approximate surface area is 96.1 Å². The Morgan fingerprint density at radius 2 is 2.00 bits per heavy atom. The quantitative estimate of drug-likeness (QED) is 0.812. The Kier molecular flexibility index (Phi) is 2.50. The molecule has 3 N–H and O–H groups in total. The highest BCUT2D eigenvalue weighted by Gasteiger charge is 2.19. The van der Waals surface area contributed by atoms with Gasteiger partial charge < -0.3 is 10.7 Å². The van der Waals surface area contributed by atoms with Gasteiger partial charge in [0.15, 0.2) is 0 Å².